The molecule has 0 aliphatic carbocycles. The van der Waals surface area contributed by atoms with Crippen molar-refractivity contribution in [1.82, 2.24) is 10.6 Å². The molecule has 0 aliphatic heterocycles. The van der Waals surface area contributed by atoms with E-state index in [0.29, 0.717) is 6.04 Å². The van der Waals surface area contributed by atoms with Crippen molar-refractivity contribution in [3.8, 4) is 0 Å². The van der Waals surface area contributed by atoms with Gasteiger partial charge in [-0.2, -0.15) is 0 Å². The van der Waals surface area contributed by atoms with Crippen molar-refractivity contribution in [1.29, 1.82) is 0 Å². The number of nitrogens with one attached hydrogen (secondary N) is 2. The first-order valence-corrected chi connectivity index (χ1v) is 5.68. The summed E-state index contributed by atoms with van der Waals surface area (Å²) in [4.78, 5) is 0. The van der Waals surface area contributed by atoms with Crippen molar-refractivity contribution < 1.29 is 4.74 Å². The van der Waals surface area contributed by atoms with Gasteiger partial charge in [-0.05, 0) is 26.3 Å². The second-order valence-corrected chi connectivity index (χ2v) is 4.10. The third kappa shape index (κ3) is 9.96. The van der Waals surface area contributed by atoms with Gasteiger partial charge >= 0.3 is 0 Å². The van der Waals surface area contributed by atoms with Gasteiger partial charge in [-0.3, -0.25) is 0 Å². The van der Waals surface area contributed by atoms with Gasteiger partial charge in [0.1, 0.15) is 0 Å². The molecular weight excluding hydrogens is 176 g/mol. The molecule has 3 nitrogen and oxygen atoms in total. The van der Waals surface area contributed by atoms with Gasteiger partial charge < -0.3 is 15.4 Å². The molecule has 1 unspecified atom stereocenters. The highest BCUT2D eigenvalue weighted by Crippen LogP contribution is 1.87. The summed E-state index contributed by atoms with van der Waals surface area (Å²) in [6, 6.07) is 0.522. The van der Waals surface area contributed by atoms with Crippen LogP contribution in [0.1, 0.15) is 27.7 Å². The lowest BCUT2D eigenvalue weighted by Gasteiger charge is -2.15. The Morgan fingerprint density at radius 1 is 1.14 bits per heavy atom. The maximum Gasteiger partial charge on any atom is 0.0590 e. The number of hydrogen-bond donors (Lipinski definition) is 2. The molecule has 0 radical (unpaired) electrons. The Kier molecular flexibility index (Phi) is 9.35. The van der Waals surface area contributed by atoms with Gasteiger partial charge in [0.05, 0.1) is 6.61 Å². The van der Waals surface area contributed by atoms with Crippen LogP contribution in [0.2, 0.25) is 0 Å². The summed E-state index contributed by atoms with van der Waals surface area (Å²) in [5.41, 5.74) is 0. The molecule has 0 spiro atoms. The second kappa shape index (κ2) is 9.44. The zero-order chi connectivity index (χ0) is 10.8. The number of rotatable bonds is 9. The minimum absolute atomic E-state index is 0.522. The highest BCUT2D eigenvalue weighted by atomic mass is 16.5. The second-order valence-electron chi connectivity index (χ2n) is 4.10. The van der Waals surface area contributed by atoms with Crippen molar-refractivity contribution in [2.45, 2.75) is 33.7 Å². The monoisotopic (exact) mass is 202 g/mol. The van der Waals surface area contributed by atoms with E-state index in [2.05, 4.69) is 31.4 Å². The Morgan fingerprint density at radius 2 is 1.86 bits per heavy atom. The number of hydrogen-bond acceptors (Lipinski definition) is 3. The molecule has 1 atom stereocenters. The SMILES string of the molecule is CCOCCNC(C)CNCC(C)C. The Morgan fingerprint density at radius 3 is 2.43 bits per heavy atom. The normalized spacial score (nSPS) is 13.5. The van der Waals surface area contributed by atoms with Gasteiger partial charge in [0.15, 0.2) is 0 Å². The Balaban J connectivity index is 3.15. The van der Waals surface area contributed by atoms with E-state index in [0.717, 1.165) is 38.8 Å². The van der Waals surface area contributed by atoms with E-state index in [-0.39, 0.29) is 0 Å². The first-order chi connectivity index (χ1) is 6.66. The molecule has 0 aromatic carbocycles. The van der Waals surface area contributed by atoms with E-state index in [9.17, 15) is 0 Å². The standard InChI is InChI=1S/C11H26N2O/c1-5-14-7-6-13-11(4)9-12-8-10(2)3/h10-13H,5-9H2,1-4H3. The molecule has 86 valence electrons. The average Bonchev–Trinajstić information content (AvgIpc) is 2.12. The van der Waals surface area contributed by atoms with Crippen molar-refractivity contribution in [3.63, 3.8) is 0 Å². The van der Waals surface area contributed by atoms with Gasteiger partial charge in [-0.25, -0.2) is 0 Å². The molecule has 3 heteroatoms. The molecule has 0 bridgehead atoms. The first kappa shape index (κ1) is 13.9. The van der Waals surface area contributed by atoms with Crippen LogP contribution in [0, 0.1) is 5.92 Å². The third-order valence-corrected chi connectivity index (χ3v) is 1.95. The largest absolute Gasteiger partial charge is 0.380 e. The van der Waals surface area contributed by atoms with Gasteiger partial charge in [-0.1, -0.05) is 13.8 Å². The minimum Gasteiger partial charge on any atom is -0.380 e. The fraction of sp³-hybridized carbons (Fsp3) is 1.00. The summed E-state index contributed by atoms with van der Waals surface area (Å²) in [7, 11) is 0. The molecule has 0 amide bonds. The summed E-state index contributed by atoms with van der Waals surface area (Å²) >= 11 is 0. The highest BCUT2D eigenvalue weighted by Gasteiger charge is 2.00. The van der Waals surface area contributed by atoms with E-state index in [1.165, 1.54) is 0 Å². The maximum atomic E-state index is 5.24. The van der Waals surface area contributed by atoms with Crippen molar-refractivity contribution in [2.75, 3.05) is 32.8 Å². The average molecular weight is 202 g/mol. The summed E-state index contributed by atoms with van der Waals surface area (Å²) < 4.78 is 5.24. The Labute approximate surface area is 88.6 Å². The summed E-state index contributed by atoms with van der Waals surface area (Å²) in [6.07, 6.45) is 0. The lowest BCUT2D eigenvalue weighted by atomic mass is 10.2. The van der Waals surface area contributed by atoms with E-state index in [4.69, 9.17) is 4.74 Å². The van der Waals surface area contributed by atoms with Crippen LogP contribution in [0.15, 0.2) is 0 Å². The molecule has 0 aromatic heterocycles. The highest BCUT2D eigenvalue weighted by molar-refractivity contribution is 4.64. The molecule has 0 aromatic rings. The Bertz CT molecular complexity index is 118. The van der Waals surface area contributed by atoms with Crippen LogP contribution in [0.4, 0.5) is 0 Å². The first-order valence-electron chi connectivity index (χ1n) is 5.68. The maximum absolute atomic E-state index is 5.24. The summed E-state index contributed by atoms with van der Waals surface area (Å²) in [6.45, 7) is 13.3. The van der Waals surface area contributed by atoms with E-state index in [1.54, 1.807) is 0 Å². The van der Waals surface area contributed by atoms with Crippen LogP contribution < -0.4 is 10.6 Å². The predicted octanol–water partition coefficient (Wildman–Crippen LogP) is 1.25. The molecule has 0 saturated heterocycles. The zero-order valence-electron chi connectivity index (χ0n) is 10.1. The molecule has 2 N–H and O–H groups in total. The number of ether oxygens (including phenoxy) is 1. The Hall–Kier alpha value is -0.120. The fourth-order valence-electron chi connectivity index (χ4n) is 1.18. The van der Waals surface area contributed by atoms with Gasteiger partial charge in [0, 0.05) is 25.7 Å². The summed E-state index contributed by atoms with van der Waals surface area (Å²) in [5.74, 6) is 0.727. The van der Waals surface area contributed by atoms with Crippen molar-refractivity contribution >= 4 is 0 Å². The lowest BCUT2D eigenvalue weighted by molar-refractivity contribution is 0.147. The zero-order valence-corrected chi connectivity index (χ0v) is 10.1. The van der Waals surface area contributed by atoms with Crippen LogP contribution in [0.5, 0.6) is 0 Å². The molecule has 0 heterocycles. The molecule has 0 rings (SSSR count). The van der Waals surface area contributed by atoms with Crippen LogP contribution in [0.3, 0.4) is 0 Å². The topological polar surface area (TPSA) is 33.3 Å². The smallest absolute Gasteiger partial charge is 0.0590 e. The lowest BCUT2D eigenvalue weighted by Crippen LogP contribution is -2.39. The van der Waals surface area contributed by atoms with Crippen LogP contribution in [0.25, 0.3) is 0 Å². The molecule has 14 heavy (non-hydrogen) atoms. The van der Waals surface area contributed by atoms with Gasteiger partial charge in [-0.15, -0.1) is 0 Å². The van der Waals surface area contributed by atoms with Gasteiger partial charge in [0.2, 0.25) is 0 Å². The molecule has 0 fully saturated rings. The predicted molar refractivity (Wildman–Crippen MR) is 61.7 cm³/mol. The quantitative estimate of drug-likeness (QED) is 0.552. The fourth-order valence-corrected chi connectivity index (χ4v) is 1.18. The van der Waals surface area contributed by atoms with E-state index in [1.807, 2.05) is 6.92 Å². The van der Waals surface area contributed by atoms with Crippen LogP contribution >= 0.6 is 0 Å². The summed E-state index contributed by atoms with van der Waals surface area (Å²) in [5, 5.41) is 6.83. The van der Waals surface area contributed by atoms with Crippen molar-refractivity contribution in [3.05, 3.63) is 0 Å². The van der Waals surface area contributed by atoms with E-state index < -0.39 is 0 Å². The van der Waals surface area contributed by atoms with Crippen LogP contribution in [-0.4, -0.2) is 38.9 Å². The van der Waals surface area contributed by atoms with Gasteiger partial charge in [0.25, 0.3) is 0 Å². The molecule has 0 aliphatic rings. The molecule has 0 saturated carbocycles. The van der Waals surface area contributed by atoms with E-state index >= 15 is 0 Å². The van der Waals surface area contributed by atoms with Crippen LogP contribution in [-0.2, 0) is 4.74 Å². The van der Waals surface area contributed by atoms with Crippen molar-refractivity contribution in [2.24, 2.45) is 5.92 Å². The minimum atomic E-state index is 0.522. The molecular formula is C11H26N2O. The third-order valence-electron chi connectivity index (χ3n) is 1.95.